The van der Waals surface area contributed by atoms with Gasteiger partial charge in [-0.15, -0.1) is 11.3 Å². The van der Waals surface area contributed by atoms with Gasteiger partial charge in [0.1, 0.15) is 5.82 Å². The molecule has 122 valence electrons. The largest absolute Gasteiger partial charge is 0.352 e. The molecule has 0 aliphatic carbocycles. The zero-order valence-electron chi connectivity index (χ0n) is 13.3. The van der Waals surface area contributed by atoms with Gasteiger partial charge in [-0.05, 0) is 24.6 Å². The van der Waals surface area contributed by atoms with Gasteiger partial charge in [-0.2, -0.15) is 0 Å². The quantitative estimate of drug-likeness (QED) is 0.722. The summed E-state index contributed by atoms with van der Waals surface area (Å²) < 4.78 is 0. The lowest BCUT2D eigenvalue weighted by Crippen LogP contribution is -2.24. The van der Waals surface area contributed by atoms with Gasteiger partial charge < -0.3 is 10.6 Å². The van der Waals surface area contributed by atoms with E-state index in [2.05, 4.69) is 20.6 Å². The average molecular weight is 338 g/mol. The summed E-state index contributed by atoms with van der Waals surface area (Å²) in [4.78, 5) is 20.6. The molecule has 0 aliphatic rings. The fourth-order valence-corrected chi connectivity index (χ4v) is 2.84. The molecule has 24 heavy (non-hydrogen) atoms. The van der Waals surface area contributed by atoms with Crippen LogP contribution in [-0.4, -0.2) is 15.9 Å². The lowest BCUT2D eigenvalue weighted by Gasteiger charge is -2.04. The number of carbonyl (C=O) groups is 1. The molecule has 2 aromatic heterocycles. The highest BCUT2D eigenvalue weighted by molar-refractivity contribution is 7.13. The molecule has 5 nitrogen and oxygen atoms in total. The summed E-state index contributed by atoms with van der Waals surface area (Å²) in [5, 5.41) is 8.66. The Hall–Kier alpha value is -2.73. The van der Waals surface area contributed by atoms with Crippen LogP contribution >= 0.6 is 11.3 Å². The second-order valence-electron chi connectivity index (χ2n) is 5.42. The molecule has 2 N–H and O–H groups in total. The van der Waals surface area contributed by atoms with Crippen LogP contribution in [0.3, 0.4) is 0 Å². The van der Waals surface area contributed by atoms with Gasteiger partial charge in [-0.25, -0.2) is 9.97 Å². The average Bonchev–Trinajstić information content (AvgIpc) is 3.02. The van der Waals surface area contributed by atoms with Crippen LogP contribution in [0.1, 0.15) is 16.8 Å². The Kier molecular flexibility index (Phi) is 5.18. The number of hydrogen-bond donors (Lipinski definition) is 2. The summed E-state index contributed by atoms with van der Waals surface area (Å²) in [5.74, 6) is 0.701. The molecule has 0 atom stereocenters. The van der Waals surface area contributed by atoms with E-state index in [1.54, 1.807) is 6.20 Å². The molecule has 0 radical (unpaired) electrons. The predicted octanol–water partition coefficient (Wildman–Crippen LogP) is 3.45. The Balaban J connectivity index is 1.50. The molecule has 3 rings (SSSR count). The zero-order valence-corrected chi connectivity index (χ0v) is 14.1. The number of rotatable bonds is 6. The number of benzene rings is 1. The summed E-state index contributed by atoms with van der Waals surface area (Å²) in [7, 11) is 0. The number of nitrogens with zero attached hydrogens (tertiary/aromatic N) is 2. The molecular formula is C18H18N4OS. The monoisotopic (exact) mass is 338 g/mol. The van der Waals surface area contributed by atoms with Crippen molar-refractivity contribution in [3.63, 3.8) is 0 Å². The van der Waals surface area contributed by atoms with Crippen molar-refractivity contribution >= 4 is 28.2 Å². The Morgan fingerprint density at radius 3 is 2.75 bits per heavy atom. The van der Waals surface area contributed by atoms with Crippen molar-refractivity contribution in [2.75, 3.05) is 5.32 Å². The van der Waals surface area contributed by atoms with E-state index < -0.39 is 0 Å². The van der Waals surface area contributed by atoms with Crippen LogP contribution in [0.25, 0.3) is 0 Å². The minimum atomic E-state index is -0.0368. The first-order valence-corrected chi connectivity index (χ1v) is 8.52. The molecule has 0 unspecified atom stereocenters. The molecule has 1 aromatic carbocycles. The zero-order chi connectivity index (χ0) is 16.8. The summed E-state index contributed by atoms with van der Waals surface area (Å²) >= 11 is 1.46. The number of anilines is 2. The molecule has 0 saturated heterocycles. The van der Waals surface area contributed by atoms with E-state index in [9.17, 15) is 4.79 Å². The van der Waals surface area contributed by atoms with Gasteiger partial charge in [-0.1, -0.05) is 35.9 Å². The normalized spacial score (nSPS) is 10.4. The molecule has 0 spiro atoms. The number of pyridine rings is 1. The van der Waals surface area contributed by atoms with Crippen LogP contribution in [0.15, 0.2) is 54.0 Å². The lowest BCUT2D eigenvalue weighted by atomic mass is 10.1. The van der Waals surface area contributed by atoms with Gasteiger partial charge in [0, 0.05) is 18.1 Å². The number of amides is 1. The molecule has 1 amide bonds. The van der Waals surface area contributed by atoms with E-state index >= 15 is 0 Å². The van der Waals surface area contributed by atoms with Crippen molar-refractivity contribution in [3.8, 4) is 0 Å². The van der Waals surface area contributed by atoms with E-state index in [-0.39, 0.29) is 12.3 Å². The summed E-state index contributed by atoms with van der Waals surface area (Å²) in [5.41, 5.74) is 3.05. The highest BCUT2D eigenvalue weighted by Gasteiger charge is 2.08. The number of nitrogens with one attached hydrogen (secondary N) is 2. The highest BCUT2D eigenvalue weighted by Crippen LogP contribution is 2.19. The fourth-order valence-electron chi connectivity index (χ4n) is 2.13. The maximum atomic E-state index is 12.0. The third-order valence-electron chi connectivity index (χ3n) is 3.40. The van der Waals surface area contributed by atoms with Crippen molar-refractivity contribution in [2.45, 2.75) is 19.9 Å². The van der Waals surface area contributed by atoms with Crippen molar-refractivity contribution in [1.82, 2.24) is 15.3 Å². The summed E-state index contributed by atoms with van der Waals surface area (Å²) in [6.45, 7) is 2.57. The molecule has 0 aliphatic heterocycles. The first-order chi connectivity index (χ1) is 11.7. The van der Waals surface area contributed by atoms with Gasteiger partial charge >= 0.3 is 0 Å². The van der Waals surface area contributed by atoms with Gasteiger partial charge in [0.2, 0.25) is 5.91 Å². The standard InChI is InChI=1S/C18H18N4OS/c1-13-5-7-14(8-6-13)11-20-17(23)10-15-12-24-18(21-15)22-16-4-2-3-9-19-16/h2-9,12H,10-11H2,1H3,(H,20,23)(H,19,21,22). The molecule has 6 heteroatoms. The maximum absolute atomic E-state index is 12.0. The molecule has 0 saturated carbocycles. The Labute approximate surface area is 144 Å². The third kappa shape index (κ3) is 4.63. The smallest absolute Gasteiger partial charge is 0.226 e. The van der Waals surface area contributed by atoms with Crippen LogP contribution < -0.4 is 10.6 Å². The van der Waals surface area contributed by atoms with E-state index in [0.29, 0.717) is 6.54 Å². The van der Waals surface area contributed by atoms with E-state index in [1.165, 1.54) is 16.9 Å². The van der Waals surface area contributed by atoms with Crippen molar-refractivity contribution < 1.29 is 4.79 Å². The highest BCUT2D eigenvalue weighted by atomic mass is 32.1. The Bertz CT molecular complexity index is 799. The minimum absolute atomic E-state index is 0.0368. The van der Waals surface area contributed by atoms with E-state index in [0.717, 1.165) is 22.2 Å². The fraction of sp³-hybridized carbons (Fsp3) is 0.167. The summed E-state index contributed by atoms with van der Waals surface area (Å²) in [6, 6.07) is 13.8. The second-order valence-corrected chi connectivity index (χ2v) is 6.28. The summed E-state index contributed by atoms with van der Waals surface area (Å²) in [6.07, 6.45) is 1.99. The number of thiazole rings is 1. The molecular weight excluding hydrogens is 320 g/mol. The Morgan fingerprint density at radius 2 is 2.00 bits per heavy atom. The third-order valence-corrected chi connectivity index (χ3v) is 4.21. The van der Waals surface area contributed by atoms with Gasteiger partial charge in [0.15, 0.2) is 5.13 Å². The van der Waals surface area contributed by atoms with Crippen LogP contribution in [0.4, 0.5) is 10.9 Å². The Morgan fingerprint density at radius 1 is 1.17 bits per heavy atom. The number of aromatic nitrogens is 2. The van der Waals surface area contributed by atoms with E-state index in [1.807, 2.05) is 54.8 Å². The molecule has 2 heterocycles. The van der Waals surface area contributed by atoms with Gasteiger partial charge in [0.05, 0.1) is 12.1 Å². The second kappa shape index (κ2) is 7.70. The van der Waals surface area contributed by atoms with Crippen LogP contribution in [0, 0.1) is 6.92 Å². The van der Waals surface area contributed by atoms with Gasteiger partial charge in [-0.3, -0.25) is 4.79 Å². The predicted molar refractivity (Wildman–Crippen MR) is 96.4 cm³/mol. The number of hydrogen-bond acceptors (Lipinski definition) is 5. The molecule has 0 bridgehead atoms. The van der Waals surface area contributed by atoms with Crippen molar-refractivity contribution in [1.29, 1.82) is 0 Å². The van der Waals surface area contributed by atoms with Crippen LogP contribution in [0.5, 0.6) is 0 Å². The van der Waals surface area contributed by atoms with Crippen molar-refractivity contribution in [3.05, 3.63) is 70.9 Å². The van der Waals surface area contributed by atoms with E-state index in [4.69, 9.17) is 0 Å². The van der Waals surface area contributed by atoms with Crippen molar-refractivity contribution in [2.24, 2.45) is 0 Å². The first kappa shape index (κ1) is 16.1. The maximum Gasteiger partial charge on any atom is 0.226 e. The topological polar surface area (TPSA) is 66.9 Å². The number of aryl methyl sites for hydroxylation is 1. The molecule has 0 fully saturated rings. The van der Waals surface area contributed by atoms with Crippen LogP contribution in [-0.2, 0) is 17.8 Å². The minimum Gasteiger partial charge on any atom is -0.352 e. The van der Waals surface area contributed by atoms with Gasteiger partial charge in [0.25, 0.3) is 0 Å². The van der Waals surface area contributed by atoms with Crippen LogP contribution in [0.2, 0.25) is 0 Å². The lowest BCUT2D eigenvalue weighted by molar-refractivity contribution is -0.120. The SMILES string of the molecule is Cc1ccc(CNC(=O)Cc2csc(Nc3ccccn3)n2)cc1. The first-order valence-electron chi connectivity index (χ1n) is 7.64. The molecule has 3 aromatic rings. The number of carbonyl (C=O) groups excluding carboxylic acids is 1.